The van der Waals surface area contributed by atoms with E-state index in [1.54, 1.807) is 0 Å². The molecule has 0 aliphatic heterocycles. The number of imidazole rings is 1. The number of hydrogen-bond acceptors (Lipinski definition) is 7. The lowest BCUT2D eigenvalue weighted by molar-refractivity contribution is -0.427. The summed E-state index contributed by atoms with van der Waals surface area (Å²) in [5.74, 6) is -1.47. The van der Waals surface area contributed by atoms with Crippen LogP contribution in [0.1, 0.15) is 0 Å². The maximum Gasteiger partial charge on any atom is 0.462 e. The van der Waals surface area contributed by atoms with Crippen LogP contribution in [-0.4, -0.2) is 35.0 Å². The standard InChI is InChI=1S/C3H2N4O4.C2H3N3/c8-6(9)2-3(7(10)11)5-1-4-2;1-3-2-5-4-1/h1H,(H,4,5);1-2H,(H,3,4,5). The maximum atomic E-state index is 10.0. The van der Waals surface area contributed by atoms with E-state index in [0.29, 0.717) is 0 Å². The van der Waals surface area contributed by atoms with E-state index in [1.165, 1.54) is 12.7 Å². The van der Waals surface area contributed by atoms with E-state index >= 15 is 0 Å². The Balaban J connectivity index is 0.000000212. The Morgan fingerprint density at radius 2 is 1.94 bits per heavy atom. The van der Waals surface area contributed by atoms with Gasteiger partial charge in [0, 0.05) is 4.98 Å². The van der Waals surface area contributed by atoms with Crippen LogP contribution in [0.5, 0.6) is 0 Å². The molecule has 0 saturated heterocycles. The molecule has 11 nitrogen and oxygen atoms in total. The zero-order valence-corrected chi connectivity index (χ0v) is 7.60. The van der Waals surface area contributed by atoms with Crippen LogP contribution in [0.4, 0.5) is 11.6 Å². The number of nitrogens with zero attached hydrogens (tertiary/aromatic N) is 5. The first kappa shape index (κ1) is 11.2. The molecule has 11 heteroatoms. The van der Waals surface area contributed by atoms with E-state index < -0.39 is 21.5 Å². The average Bonchev–Trinajstić information content (AvgIpc) is 2.92. The van der Waals surface area contributed by atoms with Gasteiger partial charge in [-0.3, -0.25) is 5.10 Å². The number of aromatic amines is 2. The van der Waals surface area contributed by atoms with Gasteiger partial charge in [0.05, 0.1) is 0 Å². The van der Waals surface area contributed by atoms with Crippen LogP contribution in [0, 0.1) is 20.2 Å². The maximum absolute atomic E-state index is 10.0. The number of nitrogens with one attached hydrogen (secondary N) is 2. The predicted octanol–water partition coefficient (Wildman–Crippen LogP) is 0.0308. The number of H-pyrrole nitrogens is 2. The predicted molar refractivity (Wildman–Crippen MR) is 48.3 cm³/mol. The van der Waals surface area contributed by atoms with Crippen molar-refractivity contribution >= 4 is 11.6 Å². The van der Waals surface area contributed by atoms with Gasteiger partial charge in [-0.2, -0.15) is 10.1 Å². The lowest BCUT2D eigenvalue weighted by Gasteiger charge is -1.88. The van der Waals surface area contributed by atoms with Gasteiger partial charge in [0.25, 0.3) is 6.33 Å². The molecule has 0 bridgehead atoms. The quantitative estimate of drug-likeness (QED) is 0.541. The zero-order chi connectivity index (χ0) is 12.0. The summed E-state index contributed by atoms with van der Waals surface area (Å²) in [6.07, 6.45) is 3.86. The van der Waals surface area contributed by atoms with Crippen molar-refractivity contribution in [2.75, 3.05) is 0 Å². The van der Waals surface area contributed by atoms with Crippen LogP contribution in [-0.2, 0) is 0 Å². The van der Waals surface area contributed by atoms with Gasteiger partial charge in [0.1, 0.15) is 12.7 Å². The summed E-state index contributed by atoms with van der Waals surface area (Å²) < 4.78 is 0. The van der Waals surface area contributed by atoms with Crippen molar-refractivity contribution in [3.05, 3.63) is 39.2 Å². The lowest BCUT2D eigenvalue weighted by Crippen LogP contribution is -1.94. The second-order valence-electron chi connectivity index (χ2n) is 2.24. The van der Waals surface area contributed by atoms with E-state index in [4.69, 9.17) is 0 Å². The van der Waals surface area contributed by atoms with Crippen LogP contribution in [0.3, 0.4) is 0 Å². The van der Waals surface area contributed by atoms with Crippen molar-refractivity contribution in [3.63, 3.8) is 0 Å². The first-order valence-electron chi connectivity index (χ1n) is 3.73. The van der Waals surface area contributed by atoms with Gasteiger partial charge in [-0.05, 0) is 9.85 Å². The SMILES string of the molecule is O=[N+]([O-])c1nc[nH]c1[N+](=O)[O-].c1nc[nH]n1. The van der Waals surface area contributed by atoms with E-state index in [-0.39, 0.29) is 0 Å². The molecule has 0 radical (unpaired) electrons. The molecule has 2 N–H and O–H groups in total. The van der Waals surface area contributed by atoms with Crippen molar-refractivity contribution < 1.29 is 9.85 Å². The minimum absolute atomic E-state index is 0.699. The second-order valence-corrected chi connectivity index (χ2v) is 2.24. The molecule has 16 heavy (non-hydrogen) atoms. The molecule has 0 fully saturated rings. The van der Waals surface area contributed by atoms with Gasteiger partial charge >= 0.3 is 11.6 Å². The monoisotopic (exact) mass is 227 g/mol. The van der Waals surface area contributed by atoms with Crippen molar-refractivity contribution in [2.24, 2.45) is 0 Å². The smallest absolute Gasteiger partial charge is 0.358 e. The third kappa shape index (κ3) is 2.83. The van der Waals surface area contributed by atoms with Crippen LogP contribution in [0.25, 0.3) is 0 Å². The normalized spacial score (nSPS) is 9.00. The summed E-state index contributed by atoms with van der Waals surface area (Å²) in [6.45, 7) is 0. The van der Waals surface area contributed by atoms with E-state index in [0.717, 1.165) is 6.33 Å². The molecule has 0 aliphatic rings. The summed E-state index contributed by atoms with van der Waals surface area (Å²) in [4.78, 5) is 26.9. The van der Waals surface area contributed by atoms with Gasteiger partial charge in [-0.15, -0.1) is 0 Å². The first-order valence-corrected chi connectivity index (χ1v) is 3.73. The van der Waals surface area contributed by atoms with Crippen LogP contribution < -0.4 is 0 Å². The Labute approximate surface area is 86.8 Å². The molecular weight excluding hydrogens is 222 g/mol. The summed E-state index contributed by atoms with van der Waals surface area (Å²) in [5.41, 5.74) is 0. The highest BCUT2D eigenvalue weighted by molar-refractivity contribution is 5.38. The lowest BCUT2D eigenvalue weighted by atomic mass is 10.7. The summed E-state index contributed by atoms with van der Waals surface area (Å²) in [5, 5.41) is 26.0. The number of nitro groups is 2. The molecule has 2 rings (SSSR count). The van der Waals surface area contributed by atoms with Crippen LogP contribution in [0.2, 0.25) is 0 Å². The fourth-order valence-corrected chi connectivity index (χ4v) is 0.715. The molecule has 0 aromatic carbocycles. The van der Waals surface area contributed by atoms with Crippen LogP contribution >= 0.6 is 0 Å². The largest absolute Gasteiger partial charge is 0.462 e. The summed E-state index contributed by atoms with van der Waals surface area (Å²) in [7, 11) is 0. The Kier molecular flexibility index (Phi) is 3.60. The molecule has 0 amide bonds. The summed E-state index contributed by atoms with van der Waals surface area (Å²) >= 11 is 0. The van der Waals surface area contributed by atoms with Gasteiger partial charge in [-0.25, -0.2) is 4.98 Å². The zero-order valence-electron chi connectivity index (χ0n) is 7.60. The van der Waals surface area contributed by atoms with E-state index in [2.05, 4.69) is 20.2 Å². The van der Waals surface area contributed by atoms with Crippen molar-refractivity contribution in [1.82, 2.24) is 25.1 Å². The highest BCUT2D eigenvalue weighted by atomic mass is 16.6. The average molecular weight is 227 g/mol. The molecule has 84 valence electrons. The third-order valence-electron chi connectivity index (χ3n) is 1.29. The molecule has 0 spiro atoms. The molecule has 0 saturated carbocycles. The fourth-order valence-electron chi connectivity index (χ4n) is 0.715. The molecule has 2 heterocycles. The third-order valence-corrected chi connectivity index (χ3v) is 1.29. The molecule has 2 aromatic heterocycles. The Bertz CT molecular complexity index is 417. The van der Waals surface area contributed by atoms with Gasteiger partial charge in [0.2, 0.25) is 0 Å². The second kappa shape index (κ2) is 5.14. The van der Waals surface area contributed by atoms with E-state index in [9.17, 15) is 20.2 Å². The first-order chi connectivity index (χ1) is 7.63. The highest BCUT2D eigenvalue weighted by Gasteiger charge is 2.26. The van der Waals surface area contributed by atoms with Crippen LogP contribution in [0.15, 0.2) is 19.0 Å². The number of hydrogen-bond donors (Lipinski definition) is 2. The number of rotatable bonds is 2. The van der Waals surface area contributed by atoms with Crippen molar-refractivity contribution in [2.45, 2.75) is 0 Å². The van der Waals surface area contributed by atoms with E-state index in [1.807, 2.05) is 4.98 Å². The minimum atomic E-state index is -0.922. The van der Waals surface area contributed by atoms with Crippen molar-refractivity contribution in [3.8, 4) is 0 Å². The van der Waals surface area contributed by atoms with Gasteiger partial charge < -0.3 is 20.2 Å². The molecule has 0 unspecified atom stereocenters. The molecular formula is C5H5N7O4. The fraction of sp³-hybridized carbons (Fsp3) is 0. The molecule has 0 atom stereocenters. The Morgan fingerprint density at radius 3 is 2.25 bits per heavy atom. The Morgan fingerprint density at radius 1 is 1.19 bits per heavy atom. The molecule has 2 aromatic rings. The minimum Gasteiger partial charge on any atom is -0.358 e. The van der Waals surface area contributed by atoms with Gasteiger partial charge in [-0.1, -0.05) is 0 Å². The topological polar surface area (TPSA) is 157 Å². The Hall–Kier alpha value is -2.85. The van der Waals surface area contributed by atoms with Gasteiger partial charge in [0.15, 0.2) is 0 Å². The molecule has 0 aliphatic carbocycles. The summed E-state index contributed by atoms with van der Waals surface area (Å²) in [6, 6.07) is 0. The highest BCUT2D eigenvalue weighted by Crippen LogP contribution is 2.19. The number of aromatic nitrogens is 5. The van der Waals surface area contributed by atoms with Crippen molar-refractivity contribution in [1.29, 1.82) is 0 Å².